The maximum atomic E-state index is 12.0. The molecule has 10 heteroatoms. The molecule has 0 saturated carbocycles. The van der Waals surface area contributed by atoms with E-state index in [0.717, 1.165) is 11.3 Å². The Hall–Kier alpha value is -2.07. The number of methoxy groups -OCH3 is 3. The highest BCUT2D eigenvalue weighted by Gasteiger charge is 2.26. The van der Waals surface area contributed by atoms with E-state index >= 15 is 0 Å². The quantitative estimate of drug-likeness (QED) is 0.408. The molecular formula is C15H19NO7S2. The van der Waals surface area contributed by atoms with E-state index < -0.39 is 11.9 Å². The summed E-state index contributed by atoms with van der Waals surface area (Å²) in [5.41, 5.74) is 0.512. The van der Waals surface area contributed by atoms with Crippen LogP contribution in [0.4, 0.5) is 5.00 Å². The van der Waals surface area contributed by atoms with Crippen LogP contribution < -0.4 is 5.32 Å². The number of anilines is 1. The molecule has 8 nitrogen and oxygen atoms in total. The Morgan fingerprint density at radius 2 is 1.68 bits per heavy atom. The standard InChI is InChI=1S/C15H19NO7S2/c1-8-11(14(19)22-3)13(25-12(8)15(20)23-4)16-9(17)7-24-6-5-10(18)21-2/h5-7H2,1-4H3,(H,16,17). The summed E-state index contributed by atoms with van der Waals surface area (Å²) in [6.07, 6.45) is 0.201. The fourth-order valence-electron chi connectivity index (χ4n) is 1.82. The van der Waals surface area contributed by atoms with Crippen molar-refractivity contribution < 1.29 is 33.4 Å². The van der Waals surface area contributed by atoms with Gasteiger partial charge in [0.1, 0.15) is 9.88 Å². The third kappa shape index (κ3) is 5.75. The van der Waals surface area contributed by atoms with Crippen LogP contribution in [-0.2, 0) is 23.8 Å². The zero-order valence-corrected chi connectivity index (χ0v) is 15.9. The number of amides is 1. The van der Waals surface area contributed by atoms with E-state index in [2.05, 4.69) is 14.8 Å². The van der Waals surface area contributed by atoms with Crippen molar-refractivity contribution in [2.45, 2.75) is 13.3 Å². The molecule has 0 aliphatic carbocycles. The molecule has 0 aromatic carbocycles. The summed E-state index contributed by atoms with van der Waals surface area (Å²) in [4.78, 5) is 47.0. The number of rotatable bonds is 8. The topological polar surface area (TPSA) is 108 Å². The SMILES string of the molecule is COC(=O)CCSCC(=O)Nc1sc(C(=O)OC)c(C)c1C(=O)OC. The van der Waals surface area contributed by atoms with Gasteiger partial charge in [-0.2, -0.15) is 11.8 Å². The molecule has 138 valence electrons. The highest BCUT2D eigenvalue weighted by molar-refractivity contribution is 7.99. The highest BCUT2D eigenvalue weighted by Crippen LogP contribution is 2.34. The van der Waals surface area contributed by atoms with Crippen LogP contribution in [0.5, 0.6) is 0 Å². The number of hydrogen-bond donors (Lipinski definition) is 1. The minimum atomic E-state index is -0.655. The molecule has 1 amide bonds. The molecule has 1 aromatic rings. The maximum Gasteiger partial charge on any atom is 0.348 e. The van der Waals surface area contributed by atoms with Crippen LogP contribution in [0.15, 0.2) is 0 Å². The van der Waals surface area contributed by atoms with Gasteiger partial charge in [-0.25, -0.2) is 9.59 Å². The second-order valence-corrected chi connectivity index (χ2v) is 6.80. The van der Waals surface area contributed by atoms with Gasteiger partial charge >= 0.3 is 17.9 Å². The van der Waals surface area contributed by atoms with Gasteiger partial charge in [-0.3, -0.25) is 9.59 Å². The van der Waals surface area contributed by atoms with E-state index in [1.807, 2.05) is 0 Å². The molecule has 0 saturated heterocycles. The fourth-order valence-corrected chi connectivity index (χ4v) is 3.66. The minimum Gasteiger partial charge on any atom is -0.469 e. The average Bonchev–Trinajstić information content (AvgIpc) is 2.93. The first-order valence-corrected chi connectivity index (χ1v) is 9.07. The molecule has 1 N–H and O–H groups in total. The lowest BCUT2D eigenvalue weighted by atomic mass is 10.1. The van der Waals surface area contributed by atoms with E-state index in [1.165, 1.54) is 33.1 Å². The van der Waals surface area contributed by atoms with Crippen LogP contribution in [0.2, 0.25) is 0 Å². The van der Waals surface area contributed by atoms with Gasteiger partial charge < -0.3 is 19.5 Å². The van der Waals surface area contributed by atoms with Crippen molar-refractivity contribution in [3.63, 3.8) is 0 Å². The van der Waals surface area contributed by atoms with Crippen molar-refractivity contribution in [1.82, 2.24) is 0 Å². The monoisotopic (exact) mass is 389 g/mol. The molecule has 0 aliphatic rings. The number of esters is 3. The number of carbonyl (C=O) groups is 4. The van der Waals surface area contributed by atoms with E-state index in [-0.39, 0.29) is 39.5 Å². The Labute approximate surface area is 153 Å². The molecule has 0 atom stereocenters. The van der Waals surface area contributed by atoms with Gasteiger partial charge in [0.15, 0.2) is 0 Å². The zero-order chi connectivity index (χ0) is 19.0. The molecule has 1 heterocycles. The van der Waals surface area contributed by atoms with Crippen molar-refractivity contribution >= 4 is 51.9 Å². The molecule has 1 rings (SSSR count). The third-order valence-electron chi connectivity index (χ3n) is 3.07. The summed E-state index contributed by atoms with van der Waals surface area (Å²) >= 11 is 2.20. The Morgan fingerprint density at radius 3 is 2.24 bits per heavy atom. The predicted molar refractivity (Wildman–Crippen MR) is 94.3 cm³/mol. The first kappa shape index (κ1) is 21.0. The Kier molecular flexibility index (Phi) is 8.42. The highest BCUT2D eigenvalue weighted by atomic mass is 32.2. The summed E-state index contributed by atoms with van der Waals surface area (Å²) in [6, 6.07) is 0. The van der Waals surface area contributed by atoms with Crippen molar-refractivity contribution in [1.29, 1.82) is 0 Å². The lowest BCUT2D eigenvalue weighted by molar-refractivity contribution is -0.140. The second kappa shape index (κ2) is 10.0. The van der Waals surface area contributed by atoms with E-state index in [0.29, 0.717) is 11.3 Å². The van der Waals surface area contributed by atoms with Gasteiger partial charge in [0, 0.05) is 5.75 Å². The van der Waals surface area contributed by atoms with Gasteiger partial charge in [0.05, 0.1) is 39.1 Å². The van der Waals surface area contributed by atoms with Gasteiger partial charge in [-0.05, 0) is 12.5 Å². The minimum absolute atomic E-state index is 0.0854. The van der Waals surface area contributed by atoms with Gasteiger partial charge in [0.2, 0.25) is 5.91 Å². The molecular weight excluding hydrogens is 370 g/mol. The Bertz CT molecular complexity index is 669. The number of hydrogen-bond acceptors (Lipinski definition) is 9. The van der Waals surface area contributed by atoms with Crippen molar-refractivity contribution in [2.24, 2.45) is 0 Å². The lowest BCUT2D eigenvalue weighted by Gasteiger charge is -2.06. The summed E-state index contributed by atoms with van der Waals surface area (Å²) in [5.74, 6) is -1.45. The number of carbonyl (C=O) groups excluding carboxylic acids is 4. The van der Waals surface area contributed by atoms with Crippen molar-refractivity contribution in [2.75, 3.05) is 38.2 Å². The molecule has 0 aliphatic heterocycles. The molecule has 1 aromatic heterocycles. The second-order valence-electron chi connectivity index (χ2n) is 4.67. The normalized spacial score (nSPS) is 10.1. The number of nitrogens with one attached hydrogen (secondary N) is 1. The van der Waals surface area contributed by atoms with Crippen LogP contribution in [-0.4, -0.2) is 56.7 Å². The Balaban J connectivity index is 2.82. The fraction of sp³-hybridized carbons (Fsp3) is 0.467. The van der Waals surface area contributed by atoms with Crippen molar-refractivity contribution in [3.8, 4) is 0 Å². The summed E-state index contributed by atoms with van der Waals surface area (Å²) in [6.45, 7) is 1.58. The van der Waals surface area contributed by atoms with Gasteiger partial charge in [-0.15, -0.1) is 11.3 Å². The largest absolute Gasteiger partial charge is 0.469 e. The number of ether oxygens (including phenoxy) is 3. The zero-order valence-electron chi connectivity index (χ0n) is 14.3. The number of thioether (sulfide) groups is 1. The van der Waals surface area contributed by atoms with Crippen molar-refractivity contribution in [3.05, 3.63) is 16.0 Å². The van der Waals surface area contributed by atoms with Crippen LogP contribution in [0.25, 0.3) is 0 Å². The van der Waals surface area contributed by atoms with Crippen LogP contribution >= 0.6 is 23.1 Å². The van der Waals surface area contributed by atoms with Crippen LogP contribution in [0.3, 0.4) is 0 Å². The smallest absolute Gasteiger partial charge is 0.348 e. The molecule has 0 radical (unpaired) electrons. The molecule has 0 fully saturated rings. The van der Waals surface area contributed by atoms with E-state index in [4.69, 9.17) is 4.74 Å². The van der Waals surface area contributed by atoms with Crippen LogP contribution in [0, 0.1) is 6.92 Å². The van der Waals surface area contributed by atoms with E-state index in [1.54, 1.807) is 6.92 Å². The predicted octanol–water partition coefficient (Wildman–Crippen LogP) is 1.86. The third-order valence-corrected chi connectivity index (χ3v) is 5.22. The van der Waals surface area contributed by atoms with E-state index in [9.17, 15) is 19.2 Å². The van der Waals surface area contributed by atoms with Gasteiger partial charge in [-0.1, -0.05) is 0 Å². The molecule has 0 spiro atoms. The Morgan fingerprint density at radius 1 is 1.04 bits per heavy atom. The average molecular weight is 389 g/mol. The first-order valence-electron chi connectivity index (χ1n) is 7.10. The summed E-state index contributed by atoms with van der Waals surface area (Å²) in [7, 11) is 3.74. The molecule has 25 heavy (non-hydrogen) atoms. The lowest BCUT2D eigenvalue weighted by Crippen LogP contribution is -2.16. The summed E-state index contributed by atoms with van der Waals surface area (Å²) in [5, 5.41) is 2.83. The van der Waals surface area contributed by atoms with Gasteiger partial charge in [0.25, 0.3) is 0 Å². The molecule has 0 unspecified atom stereocenters. The first-order chi connectivity index (χ1) is 11.8. The maximum absolute atomic E-state index is 12.0. The molecule has 0 bridgehead atoms. The number of thiophene rings is 1. The summed E-state index contributed by atoms with van der Waals surface area (Å²) < 4.78 is 13.9. The van der Waals surface area contributed by atoms with Crippen LogP contribution in [0.1, 0.15) is 32.0 Å².